The van der Waals surface area contributed by atoms with Gasteiger partial charge in [0, 0.05) is 0 Å². The first-order chi connectivity index (χ1) is 9.53. The van der Waals surface area contributed by atoms with Gasteiger partial charge in [0.1, 0.15) is 0 Å². The first-order valence-corrected chi connectivity index (χ1v) is 7.67. The van der Waals surface area contributed by atoms with Crippen molar-refractivity contribution in [3.8, 4) is 0 Å². The molecular formula is C17H21F3. The minimum absolute atomic E-state index is 0.215. The molecule has 3 rings (SSSR count). The highest BCUT2D eigenvalue weighted by Gasteiger charge is 2.52. The monoisotopic (exact) mass is 282 g/mol. The zero-order valence-corrected chi connectivity index (χ0v) is 11.9. The van der Waals surface area contributed by atoms with E-state index < -0.39 is 17.5 Å². The summed E-state index contributed by atoms with van der Waals surface area (Å²) < 4.78 is 39.4. The van der Waals surface area contributed by atoms with Gasteiger partial charge >= 0.3 is 0 Å². The van der Waals surface area contributed by atoms with Crippen LogP contribution in [0.25, 0.3) is 0 Å². The molecular weight excluding hydrogens is 261 g/mol. The first-order valence-electron chi connectivity index (χ1n) is 7.67. The fourth-order valence-electron chi connectivity index (χ4n) is 4.23. The summed E-state index contributed by atoms with van der Waals surface area (Å²) in [7, 11) is 0. The molecule has 0 aliphatic heterocycles. The Morgan fingerprint density at radius 2 is 1.65 bits per heavy atom. The molecule has 2 fully saturated rings. The third kappa shape index (κ3) is 2.36. The van der Waals surface area contributed by atoms with Gasteiger partial charge in [-0.25, -0.2) is 13.2 Å². The molecule has 1 aromatic carbocycles. The Labute approximate surface area is 118 Å². The highest BCUT2D eigenvalue weighted by molar-refractivity contribution is 5.27. The Hall–Kier alpha value is -0.990. The highest BCUT2D eigenvalue weighted by Crippen LogP contribution is 2.64. The molecule has 0 N–H and O–H groups in total. The predicted molar refractivity (Wildman–Crippen MR) is 73.0 cm³/mol. The van der Waals surface area contributed by atoms with Crippen molar-refractivity contribution >= 4 is 0 Å². The van der Waals surface area contributed by atoms with E-state index in [2.05, 4.69) is 6.92 Å². The Kier molecular flexibility index (Phi) is 3.55. The van der Waals surface area contributed by atoms with Crippen molar-refractivity contribution in [3.63, 3.8) is 0 Å². The van der Waals surface area contributed by atoms with E-state index in [1.165, 1.54) is 44.2 Å². The van der Waals surface area contributed by atoms with Gasteiger partial charge in [0.25, 0.3) is 0 Å². The molecule has 1 spiro atoms. The Balaban J connectivity index is 1.56. The maximum Gasteiger partial charge on any atom is 0.194 e. The van der Waals surface area contributed by atoms with E-state index in [0.29, 0.717) is 11.0 Å². The number of halogens is 3. The maximum absolute atomic E-state index is 13.2. The van der Waals surface area contributed by atoms with Crippen molar-refractivity contribution in [2.45, 2.75) is 57.8 Å². The van der Waals surface area contributed by atoms with Crippen LogP contribution in [0.1, 0.15) is 63.4 Å². The summed E-state index contributed by atoms with van der Waals surface area (Å²) in [5, 5.41) is 0. The molecule has 2 aliphatic rings. The van der Waals surface area contributed by atoms with E-state index in [-0.39, 0.29) is 5.92 Å². The van der Waals surface area contributed by atoms with Crippen LogP contribution < -0.4 is 0 Å². The number of hydrogen-bond acceptors (Lipinski definition) is 0. The fourth-order valence-corrected chi connectivity index (χ4v) is 4.23. The zero-order valence-electron chi connectivity index (χ0n) is 11.9. The lowest BCUT2D eigenvalue weighted by Crippen LogP contribution is -2.46. The van der Waals surface area contributed by atoms with Crippen LogP contribution in [-0.4, -0.2) is 0 Å². The highest BCUT2D eigenvalue weighted by atomic mass is 19.2. The Bertz CT molecular complexity index is 472. The van der Waals surface area contributed by atoms with Gasteiger partial charge in [-0.3, -0.25) is 0 Å². The minimum Gasteiger partial charge on any atom is -0.204 e. The van der Waals surface area contributed by atoms with Gasteiger partial charge < -0.3 is 0 Å². The van der Waals surface area contributed by atoms with Crippen molar-refractivity contribution in [2.24, 2.45) is 11.3 Å². The zero-order chi connectivity index (χ0) is 14.3. The number of rotatable bonds is 4. The van der Waals surface area contributed by atoms with E-state index in [1.54, 1.807) is 0 Å². The summed E-state index contributed by atoms with van der Waals surface area (Å²) in [6, 6.07) is 2.34. The van der Waals surface area contributed by atoms with Gasteiger partial charge in [0.2, 0.25) is 0 Å². The Morgan fingerprint density at radius 1 is 1.05 bits per heavy atom. The van der Waals surface area contributed by atoms with Crippen LogP contribution in [-0.2, 0) is 0 Å². The first kappa shape index (κ1) is 14.0. The fraction of sp³-hybridized carbons (Fsp3) is 0.647. The molecule has 0 heterocycles. The van der Waals surface area contributed by atoms with Gasteiger partial charge in [0.15, 0.2) is 17.5 Å². The molecule has 0 bridgehead atoms. The smallest absolute Gasteiger partial charge is 0.194 e. The van der Waals surface area contributed by atoms with Gasteiger partial charge in [-0.2, -0.15) is 0 Å². The molecule has 1 aromatic rings. The van der Waals surface area contributed by atoms with Crippen LogP contribution in [0.15, 0.2) is 12.1 Å². The lowest BCUT2D eigenvalue weighted by molar-refractivity contribution is -0.0452. The molecule has 3 heteroatoms. The van der Waals surface area contributed by atoms with Crippen LogP contribution >= 0.6 is 0 Å². The molecule has 0 amide bonds. The van der Waals surface area contributed by atoms with E-state index in [1.807, 2.05) is 0 Å². The van der Waals surface area contributed by atoms with E-state index in [9.17, 15) is 13.2 Å². The molecule has 2 saturated carbocycles. The number of unbranched alkanes of at least 4 members (excludes halogenated alkanes) is 1. The predicted octanol–water partition coefficient (Wildman–Crippen LogP) is 5.57. The van der Waals surface area contributed by atoms with Crippen molar-refractivity contribution < 1.29 is 13.2 Å². The third-order valence-electron chi connectivity index (χ3n) is 5.25. The van der Waals surface area contributed by atoms with E-state index >= 15 is 0 Å². The van der Waals surface area contributed by atoms with E-state index in [4.69, 9.17) is 0 Å². The second-order valence-corrected chi connectivity index (χ2v) is 6.82. The molecule has 0 aromatic heterocycles. The third-order valence-corrected chi connectivity index (χ3v) is 5.25. The molecule has 20 heavy (non-hydrogen) atoms. The van der Waals surface area contributed by atoms with Gasteiger partial charge in [-0.05, 0) is 60.6 Å². The summed E-state index contributed by atoms with van der Waals surface area (Å²) in [6.07, 6.45) is 8.45. The second-order valence-electron chi connectivity index (χ2n) is 6.82. The van der Waals surface area contributed by atoms with Crippen LogP contribution in [0, 0.1) is 28.8 Å². The second kappa shape index (κ2) is 5.09. The Morgan fingerprint density at radius 3 is 2.20 bits per heavy atom. The van der Waals surface area contributed by atoms with Gasteiger partial charge in [0.05, 0.1) is 0 Å². The summed E-state index contributed by atoms with van der Waals surface area (Å²) >= 11 is 0. The summed E-state index contributed by atoms with van der Waals surface area (Å²) in [5.41, 5.74) is 1.06. The normalized spacial score (nSPS) is 32.0. The van der Waals surface area contributed by atoms with Crippen molar-refractivity contribution in [1.82, 2.24) is 0 Å². The minimum atomic E-state index is -1.36. The lowest BCUT2D eigenvalue weighted by atomic mass is 9.47. The molecule has 0 unspecified atom stereocenters. The van der Waals surface area contributed by atoms with Crippen LogP contribution in [0.5, 0.6) is 0 Å². The molecule has 0 nitrogen and oxygen atoms in total. The average molecular weight is 282 g/mol. The average Bonchev–Trinajstić information content (AvgIpc) is 2.32. The molecule has 110 valence electrons. The molecule has 0 saturated heterocycles. The summed E-state index contributed by atoms with van der Waals surface area (Å²) in [4.78, 5) is 0. The van der Waals surface area contributed by atoms with Crippen molar-refractivity contribution in [1.29, 1.82) is 0 Å². The van der Waals surface area contributed by atoms with Crippen LogP contribution in [0.3, 0.4) is 0 Å². The van der Waals surface area contributed by atoms with E-state index in [0.717, 1.165) is 18.8 Å². The molecule has 0 radical (unpaired) electrons. The number of benzene rings is 1. The lowest BCUT2D eigenvalue weighted by Gasteiger charge is -2.58. The molecule has 2 aliphatic carbocycles. The maximum atomic E-state index is 13.2. The quantitative estimate of drug-likeness (QED) is 0.633. The van der Waals surface area contributed by atoms with Crippen molar-refractivity contribution in [3.05, 3.63) is 35.1 Å². The SMILES string of the molecule is CCCCC1CC2(C1)CC(c1cc(F)c(F)c(F)c1)C2. The van der Waals surface area contributed by atoms with Crippen molar-refractivity contribution in [2.75, 3.05) is 0 Å². The summed E-state index contributed by atoms with van der Waals surface area (Å²) in [6.45, 7) is 2.21. The van der Waals surface area contributed by atoms with Crippen LogP contribution in [0.4, 0.5) is 13.2 Å². The van der Waals surface area contributed by atoms with Gasteiger partial charge in [-0.15, -0.1) is 0 Å². The number of hydrogen-bond donors (Lipinski definition) is 0. The topological polar surface area (TPSA) is 0 Å². The molecule has 0 atom stereocenters. The summed E-state index contributed by atoms with van der Waals surface area (Å²) in [5.74, 6) is -2.40. The largest absolute Gasteiger partial charge is 0.204 e. The van der Waals surface area contributed by atoms with Crippen LogP contribution in [0.2, 0.25) is 0 Å². The standard InChI is InChI=1S/C17H21F3/c1-2-3-4-11-7-17(8-11)9-13(10-17)12-5-14(18)16(20)15(19)6-12/h5-6,11,13H,2-4,7-10H2,1H3. The van der Waals surface area contributed by atoms with Gasteiger partial charge in [-0.1, -0.05) is 26.2 Å².